The van der Waals surface area contributed by atoms with Crippen molar-refractivity contribution in [1.29, 1.82) is 0 Å². The number of imide groups is 2. The Morgan fingerprint density at radius 1 is 1.00 bits per heavy atom. The predicted molar refractivity (Wildman–Crippen MR) is 88.6 cm³/mol. The molecule has 2 fully saturated rings. The van der Waals surface area contributed by atoms with Crippen LogP contribution in [0, 0.1) is 0 Å². The van der Waals surface area contributed by atoms with E-state index in [9.17, 15) is 19.2 Å². The molecule has 0 aliphatic carbocycles. The molecule has 2 saturated heterocycles. The van der Waals surface area contributed by atoms with Crippen LogP contribution in [0.25, 0.3) is 0 Å². The van der Waals surface area contributed by atoms with Gasteiger partial charge in [0.1, 0.15) is 5.25 Å². The number of benzene rings is 1. The van der Waals surface area contributed by atoms with E-state index in [1.165, 1.54) is 0 Å². The van der Waals surface area contributed by atoms with Gasteiger partial charge in [0.15, 0.2) is 4.32 Å². The van der Waals surface area contributed by atoms with Crippen LogP contribution in [0.2, 0.25) is 0 Å². The molecule has 118 valence electrons. The normalized spacial score (nSPS) is 21.5. The van der Waals surface area contributed by atoms with E-state index in [1.807, 2.05) is 0 Å². The molecule has 0 spiro atoms. The molecule has 1 atom stereocenters. The quantitative estimate of drug-likeness (QED) is 0.595. The Kier molecular flexibility index (Phi) is 4.27. The lowest BCUT2D eigenvalue weighted by molar-refractivity contribution is -0.133. The van der Waals surface area contributed by atoms with Crippen LogP contribution in [-0.2, 0) is 19.2 Å². The number of nitrogens with zero attached hydrogens (tertiary/aromatic N) is 2. The summed E-state index contributed by atoms with van der Waals surface area (Å²) in [5, 5.41) is -0.712. The van der Waals surface area contributed by atoms with E-state index in [1.54, 1.807) is 30.3 Å². The summed E-state index contributed by atoms with van der Waals surface area (Å²) in [5.74, 6) is -1.42. The first-order valence-corrected chi connectivity index (χ1v) is 8.26. The van der Waals surface area contributed by atoms with Gasteiger partial charge in [-0.05, 0) is 12.1 Å². The number of hydrogen-bond acceptors (Lipinski definition) is 6. The molecule has 8 heteroatoms. The highest BCUT2D eigenvalue weighted by Gasteiger charge is 2.42. The number of thiocarbonyl (C=S) groups is 1. The first kappa shape index (κ1) is 15.8. The number of carbonyl (C=O) groups is 4. The van der Waals surface area contributed by atoms with Crippen LogP contribution in [0.1, 0.15) is 19.3 Å². The molecule has 6 nitrogen and oxygen atoms in total. The van der Waals surface area contributed by atoms with Crippen molar-refractivity contribution in [1.82, 2.24) is 4.90 Å². The lowest BCUT2D eigenvalue weighted by Gasteiger charge is -2.17. The van der Waals surface area contributed by atoms with Crippen LogP contribution >= 0.6 is 24.0 Å². The molecule has 3 rings (SSSR count). The lowest BCUT2D eigenvalue weighted by atomic mass is 10.3. The summed E-state index contributed by atoms with van der Waals surface area (Å²) < 4.78 is 0.0403. The van der Waals surface area contributed by atoms with Crippen molar-refractivity contribution in [3.8, 4) is 0 Å². The third-order valence-corrected chi connectivity index (χ3v) is 5.11. The van der Waals surface area contributed by atoms with Crippen molar-refractivity contribution in [2.75, 3.05) is 4.90 Å². The largest absolute Gasteiger partial charge is 0.274 e. The summed E-state index contributed by atoms with van der Waals surface area (Å²) >= 11 is 6.04. The fourth-order valence-corrected chi connectivity index (χ4v) is 4.04. The van der Waals surface area contributed by atoms with Crippen molar-refractivity contribution >= 4 is 57.6 Å². The molecule has 2 aliphatic heterocycles. The maximum Gasteiger partial charge on any atom is 0.247 e. The second-order valence-corrected chi connectivity index (χ2v) is 6.94. The van der Waals surface area contributed by atoms with Gasteiger partial charge in [0.05, 0.1) is 5.69 Å². The minimum atomic E-state index is -0.712. The third-order valence-electron chi connectivity index (χ3n) is 3.60. The van der Waals surface area contributed by atoms with Gasteiger partial charge in [-0.3, -0.25) is 19.2 Å². The summed E-state index contributed by atoms with van der Waals surface area (Å²) in [6.07, 6.45) is 0.259. The average Bonchev–Trinajstić information content (AvgIpc) is 2.99. The molecule has 0 bridgehead atoms. The monoisotopic (exact) mass is 348 g/mol. The highest BCUT2D eigenvalue weighted by molar-refractivity contribution is 8.23. The molecule has 1 aromatic carbocycles. The van der Waals surface area contributed by atoms with Crippen LogP contribution < -0.4 is 4.90 Å². The zero-order chi connectivity index (χ0) is 16.6. The Morgan fingerprint density at radius 3 is 2.22 bits per heavy atom. The molecule has 23 heavy (non-hydrogen) atoms. The number of hydrogen-bond donors (Lipinski definition) is 0. The van der Waals surface area contributed by atoms with Crippen LogP contribution in [0.4, 0.5) is 5.69 Å². The zero-order valence-electron chi connectivity index (χ0n) is 11.9. The first-order chi connectivity index (χ1) is 11.0. The summed E-state index contributed by atoms with van der Waals surface area (Å²) in [4.78, 5) is 50.0. The smallest absolute Gasteiger partial charge is 0.247 e. The van der Waals surface area contributed by atoms with Crippen molar-refractivity contribution in [3.63, 3.8) is 0 Å². The number of anilines is 1. The summed E-state index contributed by atoms with van der Waals surface area (Å²) in [5.41, 5.74) is 0.504. The standard InChI is InChI=1S/C15H12N2O4S2/c18-11-6-7-12(19)17(11)15(22)23-10-8-13(20)16(14(10)21)9-4-2-1-3-5-9/h1-5,10H,6-8H2. The summed E-state index contributed by atoms with van der Waals surface area (Å²) in [6, 6.07) is 8.62. The Bertz CT molecular complexity index is 703. The van der Waals surface area contributed by atoms with Crippen LogP contribution in [-0.4, -0.2) is 38.1 Å². The van der Waals surface area contributed by atoms with Crippen molar-refractivity contribution in [2.24, 2.45) is 0 Å². The topological polar surface area (TPSA) is 74.8 Å². The molecule has 1 unspecified atom stereocenters. The lowest BCUT2D eigenvalue weighted by Crippen LogP contribution is -2.35. The summed E-state index contributed by atoms with van der Waals surface area (Å²) in [7, 11) is 0. The minimum absolute atomic E-state index is 0.00520. The van der Waals surface area contributed by atoms with E-state index in [-0.39, 0.29) is 47.2 Å². The van der Waals surface area contributed by atoms with Crippen molar-refractivity contribution < 1.29 is 19.2 Å². The van der Waals surface area contributed by atoms with E-state index in [2.05, 4.69) is 0 Å². The van der Waals surface area contributed by atoms with Crippen molar-refractivity contribution in [3.05, 3.63) is 30.3 Å². The predicted octanol–water partition coefficient (Wildman–Crippen LogP) is 1.49. The number of likely N-dealkylation sites (tertiary alicyclic amines) is 1. The fraction of sp³-hybridized carbons (Fsp3) is 0.267. The number of carbonyl (C=O) groups excluding carboxylic acids is 4. The molecular weight excluding hydrogens is 336 g/mol. The second kappa shape index (κ2) is 6.21. The Morgan fingerprint density at radius 2 is 1.61 bits per heavy atom. The van der Waals surface area contributed by atoms with Gasteiger partial charge in [-0.1, -0.05) is 42.2 Å². The van der Waals surface area contributed by atoms with Gasteiger partial charge in [0.25, 0.3) is 0 Å². The molecule has 0 radical (unpaired) electrons. The Labute approximate surface area is 141 Å². The Hall–Kier alpha value is -2.06. The van der Waals surface area contributed by atoms with Crippen LogP contribution in [0.3, 0.4) is 0 Å². The summed E-state index contributed by atoms with van der Waals surface area (Å²) in [6.45, 7) is 0. The SMILES string of the molecule is O=C1CCC(=O)N1C(=S)SC1CC(=O)N(c2ccccc2)C1=O. The maximum atomic E-state index is 12.5. The fourth-order valence-electron chi connectivity index (χ4n) is 2.50. The highest BCUT2D eigenvalue weighted by atomic mass is 32.2. The Balaban J connectivity index is 1.74. The van der Waals surface area contributed by atoms with Crippen LogP contribution in [0.5, 0.6) is 0 Å². The zero-order valence-corrected chi connectivity index (χ0v) is 13.6. The van der Waals surface area contributed by atoms with E-state index in [4.69, 9.17) is 12.2 Å². The molecule has 0 saturated carbocycles. The second-order valence-electron chi connectivity index (χ2n) is 5.10. The average molecular weight is 348 g/mol. The number of para-hydroxylation sites is 1. The van der Waals surface area contributed by atoms with Crippen LogP contribution in [0.15, 0.2) is 30.3 Å². The molecule has 1 aromatic rings. The van der Waals surface area contributed by atoms with Gasteiger partial charge in [-0.25, -0.2) is 9.80 Å². The van der Waals surface area contributed by atoms with Gasteiger partial charge < -0.3 is 0 Å². The number of amides is 4. The van der Waals surface area contributed by atoms with Gasteiger partial charge >= 0.3 is 0 Å². The van der Waals surface area contributed by atoms with E-state index < -0.39 is 5.25 Å². The van der Waals surface area contributed by atoms with E-state index in [0.29, 0.717) is 5.69 Å². The van der Waals surface area contributed by atoms with Gasteiger partial charge in [-0.15, -0.1) is 0 Å². The van der Waals surface area contributed by atoms with Gasteiger partial charge in [0, 0.05) is 19.3 Å². The highest BCUT2D eigenvalue weighted by Crippen LogP contribution is 2.32. The number of rotatable bonds is 2. The molecule has 2 heterocycles. The molecule has 4 amide bonds. The molecular formula is C15H12N2O4S2. The van der Waals surface area contributed by atoms with E-state index >= 15 is 0 Å². The van der Waals surface area contributed by atoms with Crippen molar-refractivity contribution in [2.45, 2.75) is 24.5 Å². The van der Waals surface area contributed by atoms with Gasteiger partial charge in [0.2, 0.25) is 23.6 Å². The first-order valence-electron chi connectivity index (χ1n) is 6.97. The third kappa shape index (κ3) is 2.91. The molecule has 0 aromatic heterocycles. The van der Waals surface area contributed by atoms with E-state index in [0.717, 1.165) is 21.6 Å². The maximum absolute atomic E-state index is 12.5. The molecule has 0 N–H and O–H groups in total. The number of thioether (sulfide) groups is 1. The minimum Gasteiger partial charge on any atom is -0.274 e. The van der Waals surface area contributed by atoms with Gasteiger partial charge in [-0.2, -0.15) is 0 Å². The molecule has 2 aliphatic rings.